The summed E-state index contributed by atoms with van der Waals surface area (Å²) in [6.45, 7) is 0.982. The van der Waals surface area contributed by atoms with Crippen molar-refractivity contribution in [3.05, 3.63) is 54.3 Å². The Hall–Kier alpha value is -3.15. The molecule has 4 rings (SSSR count). The third-order valence-electron chi connectivity index (χ3n) is 4.83. The van der Waals surface area contributed by atoms with E-state index in [9.17, 15) is 9.59 Å². The van der Waals surface area contributed by atoms with Gasteiger partial charge < -0.3 is 15.1 Å². The van der Waals surface area contributed by atoms with Crippen molar-refractivity contribution in [3.63, 3.8) is 0 Å². The minimum atomic E-state index is -0.349. The van der Waals surface area contributed by atoms with E-state index >= 15 is 0 Å². The molecule has 1 atom stereocenters. The van der Waals surface area contributed by atoms with Crippen LogP contribution < -0.4 is 5.73 Å². The predicted octanol–water partition coefficient (Wildman–Crippen LogP) is 2.83. The largest absolute Gasteiger partial charge is 0.463 e. The zero-order valence-electron chi connectivity index (χ0n) is 14.2. The number of likely N-dealkylation sites (tertiary alicyclic amines) is 1. The van der Waals surface area contributed by atoms with Crippen LogP contribution in [0.5, 0.6) is 0 Å². The second-order valence-corrected chi connectivity index (χ2v) is 6.54. The van der Waals surface area contributed by atoms with E-state index in [-0.39, 0.29) is 17.7 Å². The first-order valence-corrected chi connectivity index (χ1v) is 8.66. The molecule has 26 heavy (non-hydrogen) atoms. The van der Waals surface area contributed by atoms with Crippen LogP contribution in [0.1, 0.15) is 23.2 Å². The molecule has 2 amide bonds. The Bertz CT molecular complexity index is 966. The van der Waals surface area contributed by atoms with Crippen molar-refractivity contribution in [2.75, 3.05) is 13.1 Å². The molecule has 2 aromatic heterocycles. The summed E-state index contributed by atoms with van der Waals surface area (Å²) in [4.78, 5) is 31.1. The maximum absolute atomic E-state index is 13.2. The smallest absolute Gasteiger partial charge is 0.254 e. The zero-order chi connectivity index (χ0) is 18.1. The zero-order valence-corrected chi connectivity index (χ0v) is 14.2. The fourth-order valence-corrected chi connectivity index (χ4v) is 3.47. The first kappa shape index (κ1) is 16.3. The molecule has 1 aromatic carbocycles. The number of pyridine rings is 1. The van der Waals surface area contributed by atoms with Gasteiger partial charge in [-0.05, 0) is 37.1 Å². The van der Waals surface area contributed by atoms with Crippen molar-refractivity contribution in [3.8, 4) is 11.5 Å². The Kier molecular flexibility index (Phi) is 4.16. The van der Waals surface area contributed by atoms with Gasteiger partial charge in [0.05, 0.1) is 23.3 Å². The molecule has 1 aliphatic heterocycles. The number of carbonyl (C=O) groups excluding carboxylic acids is 2. The molecule has 132 valence electrons. The Morgan fingerprint density at radius 1 is 1.19 bits per heavy atom. The molecule has 0 bridgehead atoms. The van der Waals surface area contributed by atoms with Crippen molar-refractivity contribution >= 4 is 22.7 Å². The van der Waals surface area contributed by atoms with E-state index in [4.69, 9.17) is 10.2 Å². The molecule has 6 heteroatoms. The minimum absolute atomic E-state index is 0.109. The van der Waals surface area contributed by atoms with Crippen LogP contribution in [0.25, 0.3) is 22.4 Å². The Labute approximate surface area is 150 Å². The number of fused-ring (bicyclic) bond motifs is 1. The van der Waals surface area contributed by atoms with E-state index in [0.29, 0.717) is 30.1 Å². The summed E-state index contributed by atoms with van der Waals surface area (Å²) in [7, 11) is 0. The summed E-state index contributed by atoms with van der Waals surface area (Å²) >= 11 is 0. The van der Waals surface area contributed by atoms with Gasteiger partial charge in [-0.1, -0.05) is 18.2 Å². The fourth-order valence-electron chi connectivity index (χ4n) is 3.47. The molecule has 0 spiro atoms. The van der Waals surface area contributed by atoms with E-state index in [1.54, 1.807) is 23.3 Å². The topological polar surface area (TPSA) is 89.4 Å². The van der Waals surface area contributed by atoms with Crippen LogP contribution in [0.4, 0.5) is 0 Å². The summed E-state index contributed by atoms with van der Waals surface area (Å²) in [5.74, 6) is -0.135. The van der Waals surface area contributed by atoms with Gasteiger partial charge in [-0.3, -0.25) is 9.59 Å². The summed E-state index contributed by atoms with van der Waals surface area (Å²) in [6.07, 6.45) is 3.08. The first-order chi connectivity index (χ1) is 12.6. The van der Waals surface area contributed by atoms with Crippen molar-refractivity contribution in [1.82, 2.24) is 9.88 Å². The van der Waals surface area contributed by atoms with Gasteiger partial charge in [0.25, 0.3) is 5.91 Å². The number of hydrogen-bond acceptors (Lipinski definition) is 4. The molecule has 3 aromatic rings. The van der Waals surface area contributed by atoms with Crippen LogP contribution in [0, 0.1) is 5.92 Å². The van der Waals surface area contributed by atoms with Crippen molar-refractivity contribution < 1.29 is 14.0 Å². The van der Waals surface area contributed by atoms with E-state index in [1.807, 2.05) is 30.3 Å². The van der Waals surface area contributed by atoms with Gasteiger partial charge in [0.2, 0.25) is 5.91 Å². The lowest BCUT2D eigenvalue weighted by atomic mass is 9.96. The number of amides is 2. The number of furan rings is 1. The van der Waals surface area contributed by atoms with Gasteiger partial charge in [0, 0.05) is 18.5 Å². The first-order valence-electron chi connectivity index (χ1n) is 8.66. The fraction of sp³-hybridized carbons (Fsp3) is 0.250. The van der Waals surface area contributed by atoms with E-state index in [1.165, 1.54) is 0 Å². The van der Waals surface area contributed by atoms with Gasteiger partial charge >= 0.3 is 0 Å². The molecule has 0 radical (unpaired) electrons. The number of para-hydroxylation sites is 1. The van der Waals surface area contributed by atoms with Crippen LogP contribution in [0.3, 0.4) is 0 Å². The average molecular weight is 349 g/mol. The maximum Gasteiger partial charge on any atom is 0.254 e. The third-order valence-corrected chi connectivity index (χ3v) is 4.83. The van der Waals surface area contributed by atoms with E-state index < -0.39 is 0 Å². The van der Waals surface area contributed by atoms with Gasteiger partial charge in [0.1, 0.15) is 5.69 Å². The Morgan fingerprint density at radius 3 is 2.81 bits per heavy atom. The number of piperidine rings is 1. The molecular formula is C20H19N3O3. The minimum Gasteiger partial charge on any atom is -0.463 e. The average Bonchev–Trinajstić information content (AvgIpc) is 3.21. The number of hydrogen-bond donors (Lipinski definition) is 1. The van der Waals surface area contributed by atoms with Crippen molar-refractivity contribution in [2.45, 2.75) is 12.8 Å². The van der Waals surface area contributed by atoms with Gasteiger partial charge in [-0.2, -0.15) is 0 Å². The highest BCUT2D eigenvalue weighted by Crippen LogP contribution is 2.27. The molecular weight excluding hydrogens is 330 g/mol. The standard InChI is InChI=1S/C20H19N3O3/c21-19(24)13-5-3-9-23(12-13)20(25)15-11-17(18-8-4-10-26-18)22-16-7-2-1-6-14(15)16/h1-2,4,6-8,10-11,13H,3,5,9,12H2,(H2,21,24)/t13-/m1/s1. The van der Waals surface area contributed by atoms with Crippen LogP contribution in [0.15, 0.2) is 53.1 Å². The van der Waals surface area contributed by atoms with Crippen LogP contribution in [-0.4, -0.2) is 34.8 Å². The summed E-state index contributed by atoms with van der Waals surface area (Å²) < 4.78 is 5.45. The maximum atomic E-state index is 13.2. The number of nitrogens with two attached hydrogens (primary N) is 1. The van der Waals surface area contributed by atoms with E-state index in [0.717, 1.165) is 23.7 Å². The van der Waals surface area contributed by atoms with Gasteiger partial charge in [-0.25, -0.2) is 4.98 Å². The third kappa shape index (κ3) is 2.94. The van der Waals surface area contributed by atoms with E-state index in [2.05, 4.69) is 4.98 Å². The lowest BCUT2D eigenvalue weighted by Gasteiger charge is -2.31. The Balaban J connectivity index is 1.77. The van der Waals surface area contributed by atoms with Crippen LogP contribution >= 0.6 is 0 Å². The predicted molar refractivity (Wildman–Crippen MR) is 97.3 cm³/mol. The second kappa shape index (κ2) is 6.63. The number of primary amides is 1. The molecule has 6 nitrogen and oxygen atoms in total. The normalized spacial score (nSPS) is 17.4. The highest BCUT2D eigenvalue weighted by molar-refractivity contribution is 6.07. The monoisotopic (exact) mass is 349 g/mol. The summed E-state index contributed by atoms with van der Waals surface area (Å²) in [5, 5.41) is 0.786. The lowest BCUT2D eigenvalue weighted by molar-refractivity contribution is -0.123. The highest BCUT2D eigenvalue weighted by Gasteiger charge is 2.28. The molecule has 1 fully saturated rings. The quantitative estimate of drug-likeness (QED) is 0.787. The number of nitrogens with zero attached hydrogens (tertiary/aromatic N) is 2. The second-order valence-electron chi connectivity index (χ2n) is 6.54. The molecule has 0 aliphatic carbocycles. The number of benzene rings is 1. The molecule has 2 N–H and O–H groups in total. The number of aromatic nitrogens is 1. The summed E-state index contributed by atoms with van der Waals surface area (Å²) in [5.41, 5.74) is 7.35. The van der Waals surface area contributed by atoms with Gasteiger partial charge in [-0.15, -0.1) is 0 Å². The summed E-state index contributed by atoms with van der Waals surface area (Å²) in [6, 6.07) is 12.9. The van der Waals surface area contributed by atoms with Crippen LogP contribution in [0.2, 0.25) is 0 Å². The lowest BCUT2D eigenvalue weighted by Crippen LogP contribution is -2.44. The SMILES string of the molecule is NC(=O)[C@@H]1CCCN(C(=O)c2cc(-c3ccco3)nc3ccccc23)C1. The Morgan fingerprint density at radius 2 is 2.04 bits per heavy atom. The van der Waals surface area contributed by atoms with Crippen molar-refractivity contribution in [1.29, 1.82) is 0 Å². The molecule has 3 heterocycles. The molecule has 0 unspecified atom stereocenters. The molecule has 1 aliphatic rings. The van der Waals surface area contributed by atoms with Gasteiger partial charge in [0.15, 0.2) is 5.76 Å². The number of rotatable bonds is 3. The van der Waals surface area contributed by atoms with Crippen molar-refractivity contribution in [2.24, 2.45) is 11.7 Å². The number of carbonyl (C=O) groups is 2. The molecule has 1 saturated heterocycles. The molecule has 0 saturated carbocycles. The van der Waals surface area contributed by atoms with Crippen LogP contribution in [-0.2, 0) is 4.79 Å². The highest BCUT2D eigenvalue weighted by atomic mass is 16.3.